The average Bonchev–Trinajstić information content (AvgIpc) is 3.46. The smallest absolute Gasteiger partial charge is 0.226 e. The van der Waals surface area contributed by atoms with Gasteiger partial charge in [0.15, 0.2) is 5.82 Å². The van der Waals surface area contributed by atoms with Crippen LogP contribution in [0.15, 0.2) is 70.7 Å². The first kappa shape index (κ1) is 21.1. The van der Waals surface area contributed by atoms with Crippen LogP contribution in [0.3, 0.4) is 0 Å². The van der Waals surface area contributed by atoms with E-state index in [0.717, 1.165) is 47.5 Å². The molecular weight excluding hydrogens is 419 g/mol. The molecule has 1 fully saturated rings. The van der Waals surface area contributed by atoms with E-state index in [2.05, 4.69) is 26.5 Å². The molecule has 1 aliphatic rings. The Morgan fingerprint density at radius 2 is 1.91 bits per heavy atom. The molecule has 4 aromatic rings. The van der Waals surface area contributed by atoms with Crippen molar-refractivity contribution in [1.82, 2.24) is 30.2 Å². The summed E-state index contributed by atoms with van der Waals surface area (Å²) in [6.45, 7) is 3.12. The molecule has 1 N–H and O–H groups in total. The topological polar surface area (TPSA) is 81.7 Å². The predicted octanol–water partition coefficient (Wildman–Crippen LogP) is 4.46. The van der Waals surface area contributed by atoms with Gasteiger partial charge in [0.1, 0.15) is 5.82 Å². The zero-order valence-electron chi connectivity index (χ0n) is 18.5. The van der Waals surface area contributed by atoms with Crippen LogP contribution in [-0.4, -0.2) is 24.9 Å². The lowest BCUT2D eigenvalue weighted by Crippen LogP contribution is -2.20. The number of aromatic nitrogens is 5. The van der Waals surface area contributed by atoms with E-state index < -0.39 is 0 Å². The Hall–Kier alpha value is -3.81. The van der Waals surface area contributed by atoms with Gasteiger partial charge < -0.3 is 9.84 Å². The second-order valence-electron chi connectivity index (χ2n) is 8.11. The largest absolute Gasteiger partial charge is 0.379 e. The summed E-state index contributed by atoms with van der Waals surface area (Å²) in [5.41, 5.74) is 6.52. The second kappa shape index (κ2) is 9.36. The van der Waals surface area contributed by atoms with Gasteiger partial charge in [0.2, 0.25) is 5.89 Å². The first-order valence-electron chi connectivity index (χ1n) is 11.2. The van der Waals surface area contributed by atoms with Gasteiger partial charge in [-0.1, -0.05) is 24.2 Å². The summed E-state index contributed by atoms with van der Waals surface area (Å²) in [5, 5.41) is 12.5. The summed E-state index contributed by atoms with van der Waals surface area (Å²) >= 11 is 0. The van der Waals surface area contributed by atoms with Gasteiger partial charge in [0, 0.05) is 42.2 Å². The summed E-state index contributed by atoms with van der Waals surface area (Å²) in [6.07, 6.45) is 7.08. The number of benzene rings is 1. The van der Waals surface area contributed by atoms with E-state index in [1.54, 1.807) is 12.4 Å². The van der Waals surface area contributed by atoms with Crippen molar-refractivity contribution >= 4 is 0 Å². The minimum absolute atomic E-state index is 0.234. The van der Waals surface area contributed by atoms with E-state index >= 15 is 0 Å². The van der Waals surface area contributed by atoms with Gasteiger partial charge in [-0.05, 0) is 54.3 Å². The molecule has 0 unspecified atom stereocenters. The monoisotopic (exact) mass is 444 g/mol. The van der Waals surface area contributed by atoms with Crippen molar-refractivity contribution < 1.29 is 8.91 Å². The van der Waals surface area contributed by atoms with E-state index in [9.17, 15) is 4.39 Å². The summed E-state index contributed by atoms with van der Waals surface area (Å²) in [5.74, 6) is 1.06. The van der Waals surface area contributed by atoms with E-state index in [4.69, 9.17) is 9.62 Å². The van der Waals surface area contributed by atoms with E-state index in [-0.39, 0.29) is 5.82 Å². The van der Waals surface area contributed by atoms with Gasteiger partial charge >= 0.3 is 0 Å². The lowest BCUT2D eigenvalue weighted by atomic mass is 10.1. The number of hydrogen-bond donors (Lipinski definition) is 1. The number of hydrogen-bond acceptors (Lipinski definition) is 6. The Morgan fingerprint density at radius 1 is 1.12 bits per heavy atom. The molecule has 0 amide bonds. The van der Waals surface area contributed by atoms with Crippen LogP contribution in [0.25, 0.3) is 11.3 Å². The van der Waals surface area contributed by atoms with Crippen molar-refractivity contribution in [2.24, 2.45) is 0 Å². The highest BCUT2D eigenvalue weighted by Crippen LogP contribution is 2.32. The zero-order valence-corrected chi connectivity index (χ0v) is 18.5. The van der Waals surface area contributed by atoms with Crippen LogP contribution < -0.4 is 5.32 Å². The van der Waals surface area contributed by atoms with Crippen molar-refractivity contribution in [3.05, 3.63) is 94.9 Å². The van der Waals surface area contributed by atoms with Crippen molar-refractivity contribution in [1.29, 1.82) is 0 Å². The van der Waals surface area contributed by atoms with Crippen LogP contribution in [0.2, 0.25) is 0 Å². The van der Waals surface area contributed by atoms with Gasteiger partial charge in [-0.25, -0.2) is 4.39 Å². The van der Waals surface area contributed by atoms with Crippen LogP contribution in [0.1, 0.15) is 42.7 Å². The first-order chi connectivity index (χ1) is 16.2. The predicted molar refractivity (Wildman–Crippen MR) is 121 cm³/mol. The number of nitrogens with zero attached hydrogens (tertiary/aromatic N) is 5. The number of allylic oxidation sites excluding steroid dienone is 2. The van der Waals surface area contributed by atoms with Crippen molar-refractivity contribution in [3.63, 3.8) is 0 Å². The molecule has 0 saturated heterocycles. The van der Waals surface area contributed by atoms with Gasteiger partial charge in [-0.2, -0.15) is 10.1 Å². The van der Waals surface area contributed by atoms with Gasteiger partial charge in [0.25, 0.3) is 0 Å². The molecule has 0 atom stereocenters. The highest BCUT2D eigenvalue weighted by molar-refractivity contribution is 5.58. The second-order valence-corrected chi connectivity index (χ2v) is 8.11. The molecular formula is C25H25FN6O. The van der Waals surface area contributed by atoms with Crippen molar-refractivity contribution in [3.8, 4) is 11.3 Å². The molecule has 3 heterocycles. The standard InChI is InChI=1S/C25H25FN6O/c1-2-25-29-24(31-33-25)15-28-23(18-5-6-18)16-32-21(13-17-3-7-20(26)8-4-17)14-22(30-32)19-9-11-27-12-10-19/h3-4,7-12,14,28H,2,5-6,13,15-16H2,1H3. The number of halogens is 1. The maximum absolute atomic E-state index is 13.4. The van der Waals surface area contributed by atoms with E-state index in [1.807, 2.05) is 35.9 Å². The first-order valence-corrected chi connectivity index (χ1v) is 11.2. The van der Waals surface area contributed by atoms with E-state index in [1.165, 1.54) is 17.7 Å². The molecule has 0 aliphatic heterocycles. The van der Waals surface area contributed by atoms with E-state index in [0.29, 0.717) is 31.2 Å². The molecule has 0 spiro atoms. The summed E-state index contributed by atoms with van der Waals surface area (Å²) in [4.78, 5) is 8.50. The number of nitrogens with one attached hydrogen (secondary N) is 1. The summed E-state index contributed by atoms with van der Waals surface area (Å²) in [7, 11) is 0. The fraction of sp³-hybridized carbons (Fsp3) is 0.280. The molecule has 168 valence electrons. The Bertz CT molecular complexity index is 1250. The lowest BCUT2D eigenvalue weighted by molar-refractivity contribution is 0.375. The molecule has 1 saturated carbocycles. The average molecular weight is 445 g/mol. The fourth-order valence-electron chi connectivity index (χ4n) is 3.71. The SMILES string of the molecule is CCc1nc(CNC(Cn2nc(-c3ccncc3)cc2Cc2ccc(F)cc2)=C2CC2)no1. The zero-order chi connectivity index (χ0) is 22.6. The summed E-state index contributed by atoms with van der Waals surface area (Å²) < 4.78 is 20.6. The Kier molecular flexibility index (Phi) is 5.97. The van der Waals surface area contributed by atoms with Crippen molar-refractivity contribution in [2.75, 3.05) is 0 Å². The van der Waals surface area contributed by atoms with Crippen LogP contribution in [0, 0.1) is 5.82 Å². The third kappa shape index (κ3) is 5.16. The minimum atomic E-state index is -0.234. The van der Waals surface area contributed by atoms with Crippen LogP contribution in [-0.2, 0) is 25.9 Å². The molecule has 0 bridgehead atoms. The number of aryl methyl sites for hydroxylation is 1. The van der Waals surface area contributed by atoms with Gasteiger partial charge in [-0.15, -0.1) is 0 Å². The molecule has 33 heavy (non-hydrogen) atoms. The lowest BCUT2D eigenvalue weighted by Gasteiger charge is -2.13. The third-order valence-corrected chi connectivity index (χ3v) is 5.65. The quantitative estimate of drug-likeness (QED) is 0.411. The molecule has 3 aromatic heterocycles. The molecule has 8 heteroatoms. The molecule has 1 aromatic carbocycles. The van der Waals surface area contributed by atoms with Crippen LogP contribution >= 0.6 is 0 Å². The molecule has 0 radical (unpaired) electrons. The normalized spacial score (nSPS) is 12.7. The number of rotatable bonds is 9. The molecule has 1 aliphatic carbocycles. The Morgan fingerprint density at radius 3 is 2.61 bits per heavy atom. The minimum Gasteiger partial charge on any atom is -0.379 e. The van der Waals surface area contributed by atoms with Gasteiger partial charge in [-0.3, -0.25) is 9.67 Å². The van der Waals surface area contributed by atoms with Crippen molar-refractivity contribution in [2.45, 2.75) is 45.7 Å². The van der Waals surface area contributed by atoms with Crippen LogP contribution in [0.4, 0.5) is 4.39 Å². The third-order valence-electron chi connectivity index (χ3n) is 5.65. The Balaban J connectivity index is 1.40. The molecule has 7 nitrogen and oxygen atoms in total. The number of pyridine rings is 1. The molecule has 5 rings (SSSR count). The highest BCUT2D eigenvalue weighted by atomic mass is 19.1. The highest BCUT2D eigenvalue weighted by Gasteiger charge is 2.20. The Labute approximate surface area is 191 Å². The summed E-state index contributed by atoms with van der Waals surface area (Å²) in [6, 6.07) is 12.6. The maximum Gasteiger partial charge on any atom is 0.226 e. The fourth-order valence-corrected chi connectivity index (χ4v) is 3.71. The maximum atomic E-state index is 13.4. The van der Waals surface area contributed by atoms with Crippen LogP contribution in [0.5, 0.6) is 0 Å². The van der Waals surface area contributed by atoms with Gasteiger partial charge in [0.05, 0.1) is 18.8 Å².